The summed E-state index contributed by atoms with van der Waals surface area (Å²) in [5.74, 6) is 0.0251. The zero-order valence-corrected chi connectivity index (χ0v) is 20.3. The number of amides is 2. The second-order valence-corrected chi connectivity index (χ2v) is 9.41. The summed E-state index contributed by atoms with van der Waals surface area (Å²) in [6.07, 6.45) is 0.343. The molecule has 0 radical (unpaired) electrons. The van der Waals surface area contributed by atoms with E-state index >= 15 is 0 Å². The van der Waals surface area contributed by atoms with Crippen molar-refractivity contribution >= 4 is 34.5 Å². The molecule has 2 amide bonds. The molecule has 0 saturated carbocycles. The van der Waals surface area contributed by atoms with Gasteiger partial charge in [-0.25, -0.2) is 4.79 Å². The molecule has 2 aliphatic heterocycles. The van der Waals surface area contributed by atoms with Crippen molar-refractivity contribution in [2.24, 2.45) is 0 Å². The smallest absolute Gasteiger partial charge is 0.410 e. The van der Waals surface area contributed by atoms with Crippen molar-refractivity contribution in [3.05, 3.63) is 69.9 Å². The van der Waals surface area contributed by atoms with E-state index in [1.54, 1.807) is 4.90 Å². The van der Waals surface area contributed by atoms with E-state index in [0.29, 0.717) is 43.2 Å². The summed E-state index contributed by atoms with van der Waals surface area (Å²) < 4.78 is 5.40. The summed E-state index contributed by atoms with van der Waals surface area (Å²) in [6, 6.07) is 13.1. The van der Waals surface area contributed by atoms with Crippen LogP contribution in [0.4, 0.5) is 4.79 Å². The van der Waals surface area contributed by atoms with E-state index in [2.05, 4.69) is 16.9 Å². The lowest BCUT2D eigenvalue weighted by atomic mass is 9.91. The minimum Gasteiger partial charge on any atom is -0.450 e. The second-order valence-electron chi connectivity index (χ2n) is 8.97. The average molecular weight is 481 g/mol. The zero-order valence-electron chi connectivity index (χ0n) is 19.5. The van der Waals surface area contributed by atoms with Gasteiger partial charge in [0.2, 0.25) is 0 Å². The number of nitrogens with one attached hydrogen (secondary N) is 1. The second kappa shape index (κ2) is 9.31. The molecule has 1 aromatic heterocycles. The van der Waals surface area contributed by atoms with Gasteiger partial charge in [-0.1, -0.05) is 23.7 Å². The standard InChI is InChI=1S/C26H29ClN4O3/c1-3-34-26(33)31-10-9-20-21-16-19(27)7-8-22(21)28-23(20)24(31)17-5-4-6-18(15-17)25(32)30-13-11-29(2)12-14-30/h4-8,15-16,24,28H,3,9-14H2,1-2H3. The molecular formula is C26H29ClN4O3. The maximum atomic E-state index is 13.3. The van der Waals surface area contributed by atoms with Gasteiger partial charge in [-0.15, -0.1) is 0 Å². The van der Waals surface area contributed by atoms with Crippen LogP contribution < -0.4 is 0 Å². The van der Waals surface area contributed by atoms with Gasteiger partial charge >= 0.3 is 6.09 Å². The number of fused-ring (bicyclic) bond motifs is 3. The van der Waals surface area contributed by atoms with E-state index in [9.17, 15) is 9.59 Å². The molecule has 3 aromatic rings. The predicted octanol–water partition coefficient (Wildman–Crippen LogP) is 4.31. The highest BCUT2D eigenvalue weighted by Crippen LogP contribution is 2.39. The predicted molar refractivity (Wildman–Crippen MR) is 132 cm³/mol. The Morgan fingerprint density at radius 1 is 1.09 bits per heavy atom. The lowest BCUT2D eigenvalue weighted by Gasteiger charge is -2.36. The molecule has 2 aliphatic rings. The topological polar surface area (TPSA) is 68.9 Å². The molecule has 2 aromatic carbocycles. The summed E-state index contributed by atoms with van der Waals surface area (Å²) in [7, 11) is 2.07. The monoisotopic (exact) mass is 480 g/mol. The number of carbonyl (C=O) groups is 2. The Kier molecular flexibility index (Phi) is 6.23. The summed E-state index contributed by atoms with van der Waals surface area (Å²) in [5.41, 5.74) is 4.60. The first-order valence-corrected chi connectivity index (χ1v) is 12.1. The number of hydrogen-bond acceptors (Lipinski definition) is 4. The largest absolute Gasteiger partial charge is 0.450 e. The summed E-state index contributed by atoms with van der Waals surface area (Å²) in [5, 5.41) is 1.75. The minimum atomic E-state index is -0.380. The van der Waals surface area contributed by atoms with Crippen LogP contribution in [-0.4, -0.2) is 78.1 Å². The summed E-state index contributed by atoms with van der Waals surface area (Å²) in [4.78, 5) is 35.6. The molecular weight excluding hydrogens is 452 g/mol. The van der Waals surface area contributed by atoms with Crippen LogP contribution in [0.1, 0.15) is 40.1 Å². The van der Waals surface area contributed by atoms with Gasteiger partial charge in [0.15, 0.2) is 0 Å². The van der Waals surface area contributed by atoms with Gasteiger partial charge < -0.3 is 19.5 Å². The Morgan fingerprint density at radius 3 is 2.65 bits per heavy atom. The fraction of sp³-hybridized carbons (Fsp3) is 0.385. The van der Waals surface area contributed by atoms with E-state index in [0.717, 1.165) is 40.8 Å². The molecule has 178 valence electrons. The van der Waals surface area contributed by atoms with E-state index in [4.69, 9.17) is 16.3 Å². The number of halogens is 1. The van der Waals surface area contributed by atoms with Gasteiger partial charge in [-0.2, -0.15) is 0 Å². The van der Waals surface area contributed by atoms with Gasteiger partial charge in [0, 0.05) is 59.9 Å². The molecule has 0 bridgehead atoms. The third-order valence-corrected chi connectivity index (χ3v) is 7.07. The Bertz CT molecular complexity index is 1230. The van der Waals surface area contributed by atoms with Crippen molar-refractivity contribution in [3.63, 3.8) is 0 Å². The number of likely N-dealkylation sites (N-methyl/N-ethyl adjacent to an activating group) is 1. The Hall–Kier alpha value is -3.03. The first-order chi connectivity index (χ1) is 16.5. The molecule has 1 fully saturated rings. The van der Waals surface area contributed by atoms with Crippen LogP contribution in [0.3, 0.4) is 0 Å². The zero-order chi connectivity index (χ0) is 23.8. The molecule has 0 spiro atoms. The van der Waals surface area contributed by atoms with Gasteiger partial charge in [-0.3, -0.25) is 9.69 Å². The van der Waals surface area contributed by atoms with Gasteiger partial charge in [0.25, 0.3) is 5.91 Å². The first-order valence-electron chi connectivity index (χ1n) is 11.8. The number of carbonyl (C=O) groups excluding carboxylic acids is 2. The van der Waals surface area contributed by atoms with Gasteiger partial charge in [0.05, 0.1) is 6.61 Å². The molecule has 34 heavy (non-hydrogen) atoms. The Morgan fingerprint density at radius 2 is 1.88 bits per heavy atom. The molecule has 1 N–H and O–H groups in total. The number of benzene rings is 2. The number of nitrogens with zero attached hydrogens (tertiary/aromatic N) is 3. The van der Waals surface area contributed by atoms with Crippen LogP contribution in [0.15, 0.2) is 42.5 Å². The van der Waals surface area contributed by atoms with Crippen molar-refractivity contribution in [3.8, 4) is 0 Å². The van der Waals surface area contributed by atoms with Crippen molar-refractivity contribution in [2.45, 2.75) is 19.4 Å². The SMILES string of the molecule is CCOC(=O)N1CCc2c([nH]c3ccc(Cl)cc23)C1c1cccc(C(=O)N2CCN(C)CC2)c1. The first kappa shape index (κ1) is 22.7. The highest BCUT2D eigenvalue weighted by Gasteiger charge is 2.36. The minimum absolute atomic E-state index is 0.0251. The fourth-order valence-corrected chi connectivity index (χ4v) is 5.22. The molecule has 0 aliphatic carbocycles. The van der Waals surface area contributed by atoms with Crippen LogP contribution >= 0.6 is 11.6 Å². The quantitative estimate of drug-likeness (QED) is 0.606. The maximum Gasteiger partial charge on any atom is 0.410 e. The van der Waals surface area contributed by atoms with Crippen LogP contribution in [0.2, 0.25) is 5.02 Å². The van der Waals surface area contributed by atoms with Crippen molar-refractivity contribution in [1.82, 2.24) is 19.7 Å². The van der Waals surface area contributed by atoms with Crippen molar-refractivity contribution in [1.29, 1.82) is 0 Å². The lowest BCUT2D eigenvalue weighted by Crippen LogP contribution is -2.47. The lowest BCUT2D eigenvalue weighted by molar-refractivity contribution is 0.0664. The van der Waals surface area contributed by atoms with E-state index in [-0.39, 0.29) is 18.0 Å². The number of rotatable bonds is 3. The summed E-state index contributed by atoms with van der Waals surface area (Å²) in [6.45, 7) is 5.79. The highest BCUT2D eigenvalue weighted by atomic mass is 35.5. The third kappa shape index (κ3) is 4.14. The van der Waals surface area contributed by atoms with E-state index in [1.807, 2.05) is 54.3 Å². The number of piperazine rings is 1. The molecule has 5 rings (SSSR count). The van der Waals surface area contributed by atoms with E-state index < -0.39 is 0 Å². The van der Waals surface area contributed by atoms with E-state index in [1.165, 1.54) is 0 Å². The van der Waals surface area contributed by atoms with Crippen molar-refractivity contribution in [2.75, 3.05) is 46.4 Å². The number of ether oxygens (including phenoxy) is 1. The van der Waals surface area contributed by atoms with Gasteiger partial charge in [-0.05, 0) is 61.9 Å². The Balaban J connectivity index is 1.56. The van der Waals surface area contributed by atoms with Crippen LogP contribution in [0.25, 0.3) is 10.9 Å². The molecule has 1 atom stereocenters. The Labute approximate surface area is 204 Å². The number of H-pyrrole nitrogens is 1. The third-order valence-electron chi connectivity index (χ3n) is 6.83. The molecule has 3 heterocycles. The molecule has 7 nitrogen and oxygen atoms in total. The van der Waals surface area contributed by atoms with Crippen LogP contribution in [0, 0.1) is 0 Å². The molecule has 8 heteroatoms. The van der Waals surface area contributed by atoms with Crippen molar-refractivity contribution < 1.29 is 14.3 Å². The van der Waals surface area contributed by atoms with Crippen LogP contribution in [0.5, 0.6) is 0 Å². The maximum absolute atomic E-state index is 13.3. The highest BCUT2D eigenvalue weighted by molar-refractivity contribution is 6.31. The average Bonchev–Trinajstić information content (AvgIpc) is 3.21. The number of aromatic amines is 1. The number of aromatic nitrogens is 1. The summed E-state index contributed by atoms with van der Waals surface area (Å²) >= 11 is 6.29. The fourth-order valence-electron chi connectivity index (χ4n) is 5.04. The number of hydrogen-bond donors (Lipinski definition) is 1. The van der Waals surface area contributed by atoms with Gasteiger partial charge in [0.1, 0.15) is 6.04 Å². The molecule has 1 unspecified atom stereocenters. The van der Waals surface area contributed by atoms with Crippen LogP contribution in [-0.2, 0) is 11.2 Å². The normalized spacial score (nSPS) is 18.7. The molecule has 1 saturated heterocycles.